The van der Waals surface area contributed by atoms with Crippen LogP contribution in [0.5, 0.6) is 0 Å². The Morgan fingerprint density at radius 3 is 2.59 bits per heavy atom. The fourth-order valence-corrected chi connectivity index (χ4v) is 6.71. The fourth-order valence-electron chi connectivity index (χ4n) is 6.71. The number of carbonyl (C=O) groups excluding carboxylic acids is 4. The van der Waals surface area contributed by atoms with Crippen LogP contribution in [0.4, 0.5) is 0 Å². The van der Waals surface area contributed by atoms with Gasteiger partial charge < -0.3 is 18.6 Å². The van der Waals surface area contributed by atoms with E-state index in [2.05, 4.69) is 6.58 Å². The molecule has 34 heavy (non-hydrogen) atoms. The van der Waals surface area contributed by atoms with Crippen LogP contribution in [0.2, 0.25) is 0 Å². The first-order valence-corrected chi connectivity index (χ1v) is 11.7. The number of cyclic esters (lactones) is 1. The van der Waals surface area contributed by atoms with Crippen LogP contribution in [0.15, 0.2) is 35.2 Å². The third kappa shape index (κ3) is 3.87. The van der Waals surface area contributed by atoms with E-state index in [1.807, 2.05) is 13.8 Å². The van der Waals surface area contributed by atoms with Crippen molar-refractivity contribution in [2.45, 2.75) is 65.1 Å². The lowest BCUT2D eigenvalue weighted by atomic mass is 9.43. The number of fused-ring (bicyclic) bond motifs is 3. The van der Waals surface area contributed by atoms with Gasteiger partial charge in [-0.1, -0.05) is 26.0 Å². The van der Waals surface area contributed by atoms with Crippen molar-refractivity contribution in [3.63, 3.8) is 0 Å². The lowest BCUT2D eigenvalue weighted by molar-refractivity contribution is -0.210. The monoisotopic (exact) mass is 472 g/mol. The van der Waals surface area contributed by atoms with Crippen LogP contribution in [-0.2, 0) is 33.4 Å². The first-order chi connectivity index (χ1) is 16.0. The van der Waals surface area contributed by atoms with Crippen LogP contribution in [0.25, 0.3) is 0 Å². The van der Waals surface area contributed by atoms with E-state index in [9.17, 15) is 19.2 Å². The van der Waals surface area contributed by atoms with Crippen LogP contribution in [-0.4, -0.2) is 36.9 Å². The normalized spacial score (nSPS) is 37.1. The van der Waals surface area contributed by atoms with E-state index in [4.69, 9.17) is 18.6 Å². The molecule has 0 N–H and O–H groups in total. The number of carbonyl (C=O) groups is 4. The first kappa shape index (κ1) is 24.2. The summed E-state index contributed by atoms with van der Waals surface area (Å²) in [5.41, 5.74) is -0.207. The van der Waals surface area contributed by atoms with Crippen LogP contribution < -0.4 is 0 Å². The molecule has 0 aromatic carbocycles. The summed E-state index contributed by atoms with van der Waals surface area (Å²) in [6.45, 7) is 9.29. The average Bonchev–Trinajstić information content (AvgIpc) is 3.28. The van der Waals surface area contributed by atoms with E-state index in [1.165, 1.54) is 19.6 Å². The fraction of sp³-hybridized carbons (Fsp3) is 0.615. The molecule has 3 fully saturated rings. The zero-order valence-corrected chi connectivity index (χ0v) is 20.1. The first-order valence-electron chi connectivity index (χ1n) is 11.7. The molecule has 2 aliphatic carbocycles. The van der Waals surface area contributed by atoms with Crippen molar-refractivity contribution in [2.24, 2.45) is 28.6 Å². The molecule has 0 radical (unpaired) electrons. The van der Waals surface area contributed by atoms with Crippen LogP contribution in [0.3, 0.4) is 0 Å². The van der Waals surface area contributed by atoms with Gasteiger partial charge >= 0.3 is 17.9 Å². The van der Waals surface area contributed by atoms with Gasteiger partial charge in [-0.25, -0.2) is 0 Å². The minimum Gasteiger partial charge on any atom is -0.472 e. The van der Waals surface area contributed by atoms with E-state index in [0.29, 0.717) is 24.8 Å². The molecular formula is C26H32O8. The van der Waals surface area contributed by atoms with Crippen molar-refractivity contribution in [3.8, 4) is 0 Å². The number of ketones is 1. The average molecular weight is 473 g/mol. The second-order valence-corrected chi connectivity index (χ2v) is 10.5. The molecule has 1 saturated heterocycles. The molecule has 0 amide bonds. The maximum atomic E-state index is 14.0. The van der Waals surface area contributed by atoms with Gasteiger partial charge in [0.1, 0.15) is 6.10 Å². The molecule has 2 heterocycles. The molecule has 184 valence electrons. The van der Waals surface area contributed by atoms with E-state index >= 15 is 0 Å². The van der Waals surface area contributed by atoms with Crippen molar-refractivity contribution >= 4 is 23.7 Å². The zero-order chi connectivity index (χ0) is 24.8. The Morgan fingerprint density at radius 1 is 1.24 bits per heavy atom. The SMILES string of the molecule is C=C(C)CC(=O)O[C@H]1C[C@@H](C(=O)OC)[C@]2(C)CC[C@H]3C(=O)O[C@@H](c4ccoc4)C[C@]3(C)[C@H]2C1=O. The maximum absolute atomic E-state index is 14.0. The summed E-state index contributed by atoms with van der Waals surface area (Å²) >= 11 is 0. The van der Waals surface area contributed by atoms with E-state index < -0.39 is 52.7 Å². The molecule has 0 spiro atoms. The highest BCUT2D eigenvalue weighted by molar-refractivity contribution is 5.93. The Labute approximate surface area is 199 Å². The second kappa shape index (κ2) is 8.71. The molecule has 8 nitrogen and oxygen atoms in total. The van der Waals surface area contributed by atoms with Crippen LogP contribution in [0, 0.1) is 28.6 Å². The number of furan rings is 1. The molecule has 0 bridgehead atoms. The molecule has 1 aromatic rings. The number of hydrogen-bond acceptors (Lipinski definition) is 8. The van der Waals surface area contributed by atoms with Gasteiger partial charge in [0, 0.05) is 17.9 Å². The number of Topliss-reactive ketones (excluding diaryl/α,β-unsaturated/α-hetero) is 1. The largest absolute Gasteiger partial charge is 0.472 e. The standard InChI is InChI=1S/C26H32O8/c1-14(2)10-20(27)33-18-11-17(23(29)31-5)25(3)8-6-16-24(30)34-19(15-7-9-32-13-15)12-26(16,4)22(25)21(18)28/h7,9,13,16-19,22H,1,6,8,10-12H2,2-5H3/t16-,17-,18-,19+,22-,25-,26-/m0/s1. The van der Waals surface area contributed by atoms with E-state index in [-0.39, 0.29) is 24.6 Å². The lowest BCUT2D eigenvalue weighted by Crippen LogP contribution is -2.64. The number of hydrogen-bond donors (Lipinski definition) is 0. The minimum absolute atomic E-state index is 0.0105. The number of methoxy groups -OCH3 is 1. The topological polar surface area (TPSA) is 109 Å². The summed E-state index contributed by atoms with van der Waals surface area (Å²) in [6, 6.07) is 1.74. The summed E-state index contributed by atoms with van der Waals surface area (Å²) in [7, 11) is 1.32. The number of esters is 3. The molecular weight excluding hydrogens is 440 g/mol. The third-order valence-electron chi connectivity index (χ3n) is 8.22. The Morgan fingerprint density at radius 2 is 1.97 bits per heavy atom. The lowest BCUT2D eigenvalue weighted by Gasteiger charge is -2.61. The van der Waals surface area contributed by atoms with Crippen molar-refractivity contribution in [2.75, 3.05) is 7.11 Å². The van der Waals surface area contributed by atoms with Gasteiger partial charge in [0.25, 0.3) is 0 Å². The van der Waals surface area contributed by atoms with Gasteiger partial charge in [0.15, 0.2) is 11.9 Å². The van der Waals surface area contributed by atoms with Gasteiger partial charge in [-0.2, -0.15) is 0 Å². The Kier molecular flexibility index (Phi) is 6.21. The highest BCUT2D eigenvalue weighted by Gasteiger charge is 2.67. The predicted octanol–water partition coefficient (Wildman–Crippen LogP) is 3.95. The highest BCUT2D eigenvalue weighted by atomic mass is 16.6. The van der Waals surface area contributed by atoms with E-state index in [0.717, 1.165) is 5.56 Å². The molecule has 8 heteroatoms. The second-order valence-electron chi connectivity index (χ2n) is 10.5. The summed E-state index contributed by atoms with van der Waals surface area (Å²) < 4.78 is 21.7. The summed E-state index contributed by atoms with van der Waals surface area (Å²) in [4.78, 5) is 52.5. The predicted molar refractivity (Wildman–Crippen MR) is 119 cm³/mol. The molecule has 2 saturated carbocycles. The number of rotatable bonds is 5. The third-order valence-corrected chi connectivity index (χ3v) is 8.22. The van der Waals surface area contributed by atoms with Crippen molar-refractivity contribution in [1.29, 1.82) is 0 Å². The molecule has 3 aliphatic rings. The highest BCUT2D eigenvalue weighted by Crippen LogP contribution is 2.65. The van der Waals surface area contributed by atoms with Crippen molar-refractivity contribution in [3.05, 3.63) is 36.3 Å². The van der Waals surface area contributed by atoms with Crippen molar-refractivity contribution in [1.82, 2.24) is 0 Å². The van der Waals surface area contributed by atoms with Crippen LogP contribution >= 0.6 is 0 Å². The minimum atomic E-state index is -1.09. The van der Waals surface area contributed by atoms with E-state index in [1.54, 1.807) is 13.0 Å². The van der Waals surface area contributed by atoms with Crippen LogP contribution in [0.1, 0.15) is 64.5 Å². The summed E-state index contributed by atoms with van der Waals surface area (Å²) in [5.74, 6) is -3.44. The van der Waals surface area contributed by atoms with Gasteiger partial charge in [0.05, 0.1) is 37.9 Å². The maximum Gasteiger partial charge on any atom is 0.310 e. The smallest absolute Gasteiger partial charge is 0.310 e. The molecule has 1 aromatic heterocycles. The Bertz CT molecular complexity index is 1010. The Hall–Kier alpha value is -2.90. The van der Waals surface area contributed by atoms with Gasteiger partial charge in [-0.3, -0.25) is 19.2 Å². The van der Waals surface area contributed by atoms with Crippen molar-refractivity contribution < 1.29 is 37.8 Å². The molecule has 1 aliphatic heterocycles. The molecule has 0 unspecified atom stereocenters. The van der Waals surface area contributed by atoms with Gasteiger partial charge in [0.2, 0.25) is 0 Å². The van der Waals surface area contributed by atoms with Gasteiger partial charge in [-0.05, 0) is 43.1 Å². The Balaban J connectivity index is 1.75. The molecule has 4 rings (SSSR count). The quantitative estimate of drug-likeness (QED) is 0.360. The zero-order valence-electron chi connectivity index (χ0n) is 20.1. The summed E-state index contributed by atoms with van der Waals surface area (Å²) in [5, 5.41) is 0. The van der Waals surface area contributed by atoms with Gasteiger partial charge in [-0.15, -0.1) is 0 Å². The number of ether oxygens (including phenoxy) is 3. The summed E-state index contributed by atoms with van der Waals surface area (Å²) in [6.07, 6.45) is 2.84. The molecule has 7 atom stereocenters.